The molecule has 158 valence electrons. The summed E-state index contributed by atoms with van der Waals surface area (Å²) in [4.78, 5) is 14.1. The predicted octanol–water partition coefficient (Wildman–Crippen LogP) is 5.61. The lowest BCUT2D eigenvalue weighted by Gasteiger charge is -2.55. The molecule has 2 saturated heterocycles. The highest BCUT2D eigenvalue weighted by Gasteiger charge is 2.45. The molecule has 2 heterocycles. The van der Waals surface area contributed by atoms with E-state index in [9.17, 15) is 10.1 Å². The van der Waals surface area contributed by atoms with Gasteiger partial charge in [-0.2, -0.15) is 0 Å². The lowest BCUT2D eigenvalue weighted by molar-refractivity contribution is -0.384. The Morgan fingerprint density at radius 1 is 0.931 bits per heavy atom. The number of anilines is 1. The van der Waals surface area contributed by atoms with Crippen LogP contribution in [0.15, 0.2) is 24.3 Å². The van der Waals surface area contributed by atoms with E-state index in [4.69, 9.17) is 0 Å². The first-order valence-electron chi connectivity index (χ1n) is 11.8. The molecule has 5 nitrogen and oxygen atoms in total. The average molecular weight is 398 g/mol. The van der Waals surface area contributed by atoms with Crippen molar-refractivity contribution in [2.24, 2.45) is 17.8 Å². The summed E-state index contributed by atoms with van der Waals surface area (Å²) in [5.74, 6) is 2.83. The number of hydrogen-bond donors (Lipinski definition) is 1. The number of para-hydroxylation sites is 2. The number of nitrogens with one attached hydrogen (secondary N) is 1. The monoisotopic (exact) mass is 397 g/mol. The topological polar surface area (TPSA) is 58.4 Å². The van der Waals surface area contributed by atoms with Crippen molar-refractivity contribution in [2.75, 3.05) is 5.32 Å². The quantitative estimate of drug-likeness (QED) is 0.530. The summed E-state index contributed by atoms with van der Waals surface area (Å²) in [5, 5.41) is 15.0. The second kappa shape index (κ2) is 7.90. The summed E-state index contributed by atoms with van der Waals surface area (Å²) in [6.07, 6.45) is 13.4. The van der Waals surface area contributed by atoms with Crippen molar-refractivity contribution >= 4 is 11.4 Å². The Bertz CT molecular complexity index is 721. The van der Waals surface area contributed by atoms with Crippen LogP contribution in [0.25, 0.3) is 0 Å². The molecule has 29 heavy (non-hydrogen) atoms. The van der Waals surface area contributed by atoms with Gasteiger partial charge in [0.05, 0.1) is 4.92 Å². The first-order valence-corrected chi connectivity index (χ1v) is 11.8. The maximum Gasteiger partial charge on any atom is 0.292 e. The lowest BCUT2D eigenvalue weighted by atomic mass is 9.65. The van der Waals surface area contributed by atoms with E-state index < -0.39 is 0 Å². The van der Waals surface area contributed by atoms with Gasteiger partial charge in [-0.15, -0.1) is 0 Å². The molecule has 4 fully saturated rings. The molecule has 1 aromatic rings. The molecule has 6 atom stereocenters. The Kier molecular flexibility index (Phi) is 5.27. The normalized spacial score (nSPS) is 39.7. The van der Waals surface area contributed by atoms with Gasteiger partial charge in [0, 0.05) is 30.2 Å². The molecule has 2 saturated carbocycles. The number of nitrogens with zero attached hydrogens (tertiary/aromatic N) is 2. The van der Waals surface area contributed by atoms with Crippen LogP contribution < -0.4 is 5.32 Å². The van der Waals surface area contributed by atoms with Crippen LogP contribution in [0.3, 0.4) is 0 Å². The number of benzene rings is 1. The average Bonchev–Trinajstić information content (AvgIpc) is 2.66. The van der Waals surface area contributed by atoms with Crippen molar-refractivity contribution in [1.82, 2.24) is 4.90 Å². The number of fused-ring (bicyclic) bond motifs is 4. The zero-order valence-electron chi connectivity index (χ0n) is 17.6. The van der Waals surface area contributed by atoms with Crippen molar-refractivity contribution < 1.29 is 4.92 Å². The number of rotatable bonds is 4. The Morgan fingerprint density at radius 2 is 1.59 bits per heavy atom. The van der Waals surface area contributed by atoms with Gasteiger partial charge in [0.25, 0.3) is 5.69 Å². The molecule has 4 bridgehead atoms. The standard InChI is InChI=1S/C24H35N3O2/c1-16-9-17-11-18(10-16)13-22(12-17)26-20-5-4-6-21(26)15-19(14-20)25-23-7-2-3-8-24(23)27(28)29/h2-3,7-8,16-22,25H,4-6,9-15H2,1H3/t16?,17-,18+,20-,21-,22?/m0/s1. The Labute approximate surface area is 174 Å². The fourth-order valence-corrected chi connectivity index (χ4v) is 7.50. The van der Waals surface area contributed by atoms with Crippen LogP contribution in [0.1, 0.15) is 71.1 Å². The minimum Gasteiger partial charge on any atom is -0.377 e. The van der Waals surface area contributed by atoms with Gasteiger partial charge in [0.1, 0.15) is 5.69 Å². The smallest absolute Gasteiger partial charge is 0.292 e. The summed E-state index contributed by atoms with van der Waals surface area (Å²) < 4.78 is 0. The maximum atomic E-state index is 11.4. The summed E-state index contributed by atoms with van der Waals surface area (Å²) in [7, 11) is 0. The van der Waals surface area contributed by atoms with Crippen LogP contribution in [0.4, 0.5) is 11.4 Å². The molecule has 5 rings (SSSR count). The van der Waals surface area contributed by atoms with E-state index in [-0.39, 0.29) is 10.6 Å². The molecular formula is C24H35N3O2. The second-order valence-electron chi connectivity index (χ2n) is 10.4. The SMILES string of the molecule is CC1C[C@@H]2CC(N3[C@H]4CCC[C@H]3CC(Nc3ccccc3[N+](=O)[O-])C4)C[C@H](C1)C2. The van der Waals surface area contributed by atoms with Crippen LogP contribution in [0.5, 0.6) is 0 Å². The van der Waals surface area contributed by atoms with Crippen LogP contribution in [0.2, 0.25) is 0 Å². The minimum atomic E-state index is -0.264. The second-order valence-corrected chi connectivity index (χ2v) is 10.4. The zero-order chi connectivity index (χ0) is 20.0. The predicted molar refractivity (Wildman–Crippen MR) is 116 cm³/mol. The Hall–Kier alpha value is -1.62. The fraction of sp³-hybridized carbons (Fsp3) is 0.750. The Balaban J connectivity index is 1.29. The van der Waals surface area contributed by atoms with E-state index in [1.54, 1.807) is 12.1 Å². The van der Waals surface area contributed by atoms with Crippen molar-refractivity contribution in [3.8, 4) is 0 Å². The van der Waals surface area contributed by atoms with Gasteiger partial charge in [0.15, 0.2) is 0 Å². The van der Waals surface area contributed by atoms with Crippen molar-refractivity contribution in [2.45, 2.75) is 95.3 Å². The molecule has 1 aromatic carbocycles. The van der Waals surface area contributed by atoms with Crippen molar-refractivity contribution in [1.29, 1.82) is 0 Å². The molecule has 2 aliphatic heterocycles. The van der Waals surface area contributed by atoms with Gasteiger partial charge < -0.3 is 5.32 Å². The van der Waals surface area contributed by atoms with Gasteiger partial charge >= 0.3 is 0 Å². The third-order valence-electron chi connectivity index (χ3n) is 8.26. The maximum absolute atomic E-state index is 11.4. The fourth-order valence-electron chi connectivity index (χ4n) is 7.50. The van der Waals surface area contributed by atoms with E-state index in [1.165, 1.54) is 51.4 Å². The molecule has 2 unspecified atom stereocenters. The van der Waals surface area contributed by atoms with E-state index in [0.29, 0.717) is 23.8 Å². The van der Waals surface area contributed by atoms with E-state index in [1.807, 2.05) is 12.1 Å². The minimum absolute atomic E-state index is 0.203. The largest absolute Gasteiger partial charge is 0.377 e. The highest BCUT2D eigenvalue weighted by atomic mass is 16.6. The van der Waals surface area contributed by atoms with E-state index >= 15 is 0 Å². The molecular weight excluding hydrogens is 362 g/mol. The summed E-state index contributed by atoms with van der Waals surface area (Å²) in [6, 6.07) is 9.57. The van der Waals surface area contributed by atoms with Gasteiger partial charge in [-0.1, -0.05) is 25.5 Å². The number of nitro benzene ring substituents is 1. The van der Waals surface area contributed by atoms with E-state index in [0.717, 1.165) is 36.6 Å². The molecule has 0 aromatic heterocycles. The van der Waals surface area contributed by atoms with E-state index in [2.05, 4.69) is 17.1 Å². The summed E-state index contributed by atoms with van der Waals surface area (Å²) in [5.41, 5.74) is 0.893. The van der Waals surface area contributed by atoms with Gasteiger partial charge in [-0.3, -0.25) is 15.0 Å². The number of piperidine rings is 2. The van der Waals surface area contributed by atoms with Gasteiger partial charge in [0.2, 0.25) is 0 Å². The molecule has 5 heteroatoms. The lowest BCUT2D eigenvalue weighted by Crippen LogP contribution is -2.60. The summed E-state index contributed by atoms with van der Waals surface area (Å²) in [6.45, 7) is 2.45. The van der Waals surface area contributed by atoms with Crippen molar-refractivity contribution in [3.05, 3.63) is 34.4 Å². The highest BCUT2D eigenvalue weighted by Crippen LogP contribution is 2.47. The molecule has 4 aliphatic rings. The highest BCUT2D eigenvalue weighted by molar-refractivity contribution is 5.61. The third-order valence-corrected chi connectivity index (χ3v) is 8.26. The van der Waals surface area contributed by atoms with Crippen LogP contribution >= 0.6 is 0 Å². The number of hydrogen-bond acceptors (Lipinski definition) is 4. The molecule has 2 aliphatic carbocycles. The summed E-state index contributed by atoms with van der Waals surface area (Å²) >= 11 is 0. The van der Waals surface area contributed by atoms with Crippen molar-refractivity contribution in [3.63, 3.8) is 0 Å². The van der Waals surface area contributed by atoms with Gasteiger partial charge in [-0.25, -0.2) is 0 Å². The first-order chi connectivity index (χ1) is 14.1. The van der Waals surface area contributed by atoms with Crippen LogP contribution in [-0.4, -0.2) is 34.0 Å². The van der Waals surface area contributed by atoms with Gasteiger partial charge in [-0.05, 0) is 81.6 Å². The first kappa shape index (κ1) is 19.3. The zero-order valence-corrected chi connectivity index (χ0v) is 17.6. The van der Waals surface area contributed by atoms with Crippen LogP contribution in [-0.2, 0) is 0 Å². The third kappa shape index (κ3) is 3.90. The molecule has 0 spiro atoms. The molecule has 1 N–H and O–H groups in total. The Morgan fingerprint density at radius 3 is 2.24 bits per heavy atom. The number of nitro groups is 1. The molecule has 0 radical (unpaired) electrons. The molecule has 0 amide bonds. The van der Waals surface area contributed by atoms with Crippen LogP contribution in [0, 0.1) is 27.9 Å².